The minimum absolute atomic E-state index is 0. The van der Waals surface area contributed by atoms with Gasteiger partial charge in [0.15, 0.2) is 0 Å². The molecule has 0 saturated carbocycles. The Morgan fingerprint density at radius 1 is 0.348 bits per heavy atom. The summed E-state index contributed by atoms with van der Waals surface area (Å²) >= 11 is 0. The maximum atomic E-state index is 6.88. The summed E-state index contributed by atoms with van der Waals surface area (Å²) in [6.07, 6.45) is 4.50. The van der Waals surface area contributed by atoms with Crippen LogP contribution in [0.4, 0.5) is 0 Å². The third-order valence-electron chi connectivity index (χ3n) is 0. The maximum absolute atomic E-state index is 6.88. The number of rotatable bonds is 0. The van der Waals surface area contributed by atoms with Gasteiger partial charge in [-0.2, -0.15) is 31.6 Å². The van der Waals surface area contributed by atoms with Crippen LogP contribution in [-0.4, -0.2) is 30.6 Å². The second kappa shape index (κ2) is 179. The molecule has 0 fully saturated rings. The minimum Gasteiger partial charge on any atom is -0.443 e. The van der Waals surface area contributed by atoms with Crippen LogP contribution in [0.3, 0.4) is 0 Å². The van der Waals surface area contributed by atoms with E-state index >= 15 is 0 Å². The predicted molar refractivity (Wildman–Crippen MR) is 45.3 cm³/mol. The molecule has 0 bridgehead atoms. The van der Waals surface area contributed by atoms with E-state index in [1.165, 1.54) is 0 Å². The molecule has 12 nitrogen and oxygen atoms in total. The molecule has 0 unspecified atom stereocenters. The largest absolute Gasteiger partial charge is 1.00 e. The zero-order chi connectivity index (χ0) is 16.2. The molecule has 0 aliphatic rings. The maximum Gasteiger partial charge on any atom is 1.00 e. The van der Waals surface area contributed by atoms with Gasteiger partial charge in [-0.25, -0.2) is 0 Å². The first-order valence-corrected chi connectivity index (χ1v) is 2.68. The van der Waals surface area contributed by atoms with Crippen molar-refractivity contribution in [3.8, 4) is 37.5 Å². The van der Waals surface area contributed by atoms with E-state index in [0.29, 0.717) is 0 Å². The Morgan fingerprint density at radius 2 is 0.348 bits per heavy atom. The number of aliphatic hydroxyl groups excluding tert-OH is 6. The zero-order valence-electron chi connectivity index (χ0n) is 12.7. The summed E-state index contributed by atoms with van der Waals surface area (Å²) in [5, 5.41) is 82.5. The molecule has 0 aliphatic carbocycles. The Labute approximate surface area is 316 Å². The Hall–Kier alpha value is 2.95. The van der Waals surface area contributed by atoms with Crippen LogP contribution in [0.5, 0.6) is 0 Å². The number of hydrogen-bond acceptors (Lipinski definition) is 12. The van der Waals surface area contributed by atoms with Crippen molar-refractivity contribution >= 4 is 0 Å². The molecule has 17 heteroatoms. The van der Waals surface area contributed by atoms with Crippen LogP contribution in [0.15, 0.2) is 0 Å². The molecule has 0 aromatic heterocycles. The van der Waals surface area contributed by atoms with Gasteiger partial charge in [0.1, 0.15) is 0 Å². The van der Waals surface area contributed by atoms with E-state index in [0.717, 1.165) is 37.5 Å². The second-order valence-corrected chi connectivity index (χ2v) is 0.600. The smallest absolute Gasteiger partial charge is 0.443 e. The van der Waals surface area contributed by atoms with E-state index in [9.17, 15) is 0 Å². The van der Waals surface area contributed by atoms with Gasteiger partial charge >= 0.3 is 206 Å². The van der Waals surface area contributed by atoms with Gasteiger partial charge in [-0.05, 0) is 0 Å². The van der Waals surface area contributed by atoms with Gasteiger partial charge in [-0.15, -0.1) is 0 Å². The van der Waals surface area contributed by atoms with E-state index in [1.54, 1.807) is 0 Å². The van der Waals surface area contributed by atoms with Gasteiger partial charge in [0, 0.05) is 20.4 Å². The van der Waals surface area contributed by atoms with E-state index in [1.807, 2.05) is 0 Å². The molecule has 103 valence electrons. The molecule has 0 spiro atoms. The molecule has 0 aliphatic heterocycles. The first kappa shape index (κ1) is 72.3. The van der Waals surface area contributed by atoms with Crippen molar-refractivity contribution in [3.63, 3.8) is 0 Å². The van der Waals surface area contributed by atoms with E-state index in [-0.39, 0.29) is 226 Å². The first-order chi connectivity index (χ1) is 8.49. The molecular formula is C6H6K4N6O6Re+4. The van der Waals surface area contributed by atoms with Crippen LogP contribution in [0.2, 0.25) is 0 Å². The molecule has 6 N–H and O–H groups in total. The predicted octanol–water partition coefficient (Wildman–Crippen LogP) is -12.9. The average molecular weight is 601 g/mol. The second-order valence-electron chi connectivity index (χ2n) is 0.600. The van der Waals surface area contributed by atoms with Crippen molar-refractivity contribution in [2.45, 2.75) is 0 Å². The van der Waals surface area contributed by atoms with Gasteiger partial charge < -0.3 is 30.6 Å². The normalized spacial score (nSPS) is 1.83. The van der Waals surface area contributed by atoms with Crippen LogP contribution in [0.25, 0.3) is 0 Å². The first-order valence-electron chi connectivity index (χ1n) is 2.68. The molecule has 23 heavy (non-hydrogen) atoms. The number of hydrogen-bond donors (Lipinski definition) is 6. The molecule has 0 amide bonds. The van der Waals surface area contributed by atoms with Crippen LogP contribution in [-0.2, 0) is 20.4 Å². The van der Waals surface area contributed by atoms with Crippen LogP contribution in [0, 0.1) is 69.1 Å². The zero-order valence-corrected chi connectivity index (χ0v) is 28.0. The van der Waals surface area contributed by atoms with Gasteiger partial charge in [-0.3, -0.25) is 0 Å². The summed E-state index contributed by atoms with van der Waals surface area (Å²) in [7, 11) is 0. The Kier molecular flexibility index (Phi) is 562. The van der Waals surface area contributed by atoms with Crippen LogP contribution >= 0.6 is 0 Å². The number of nitriles is 6. The molecule has 0 heterocycles. The molecule has 0 aromatic rings. The Bertz CT molecular complexity index is 272. The van der Waals surface area contributed by atoms with Crippen molar-refractivity contribution in [2.24, 2.45) is 0 Å². The van der Waals surface area contributed by atoms with Crippen molar-refractivity contribution < 1.29 is 257 Å². The molecule has 0 aromatic carbocycles. The third-order valence-corrected chi connectivity index (χ3v) is 0. The standard InChI is InChI=1S/6CHNO.4K.Re/c6*2-1-3;;;;;/h6*3H;;;;;/q;;;;;;4*+1;. The van der Waals surface area contributed by atoms with E-state index in [2.05, 4.69) is 0 Å². The van der Waals surface area contributed by atoms with Crippen molar-refractivity contribution in [1.29, 1.82) is 31.6 Å². The van der Waals surface area contributed by atoms with Crippen molar-refractivity contribution in [1.82, 2.24) is 0 Å². The van der Waals surface area contributed by atoms with Gasteiger partial charge in [-0.1, -0.05) is 0 Å². The average Bonchev–Trinajstić information content (AvgIpc) is 2.23. The van der Waals surface area contributed by atoms with Crippen molar-refractivity contribution in [3.05, 3.63) is 0 Å². The fourth-order valence-corrected chi connectivity index (χ4v) is 0. The molecule has 0 rings (SSSR count). The van der Waals surface area contributed by atoms with Crippen molar-refractivity contribution in [2.75, 3.05) is 0 Å². The van der Waals surface area contributed by atoms with E-state index < -0.39 is 0 Å². The fraction of sp³-hybridized carbons (Fsp3) is 0. The van der Waals surface area contributed by atoms with Gasteiger partial charge in [0.2, 0.25) is 0 Å². The molecule has 0 atom stereocenters. The third kappa shape index (κ3) is 1510. The minimum atomic E-state index is 0. The SMILES string of the molecule is N#CO.N#CO.N#CO.N#CO.N#CO.N#CO.[K+].[K+].[K+].[K+].[Re]. The summed E-state index contributed by atoms with van der Waals surface area (Å²) in [5.41, 5.74) is 0. The summed E-state index contributed by atoms with van der Waals surface area (Å²) in [6, 6.07) is 0. The summed E-state index contributed by atoms with van der Waals surface area (Å²) in [4.78, 5) is 0. The molecule has 0 saturated heterocycles. The Balaban J connectivity index is -0.00000000800. The molecule has 1 radical (unpaired) electrons. The number of nitrogens with zero attached hydrogens (tertiary/aromatic N) is 6. The van der Waals surface area contributed by atoms with Gasteiger partial charge in [0.25, 0.3) is 37.5 Å². The summed E-state index contributed by atoms with van der Waals surface area (Å²) in [5.74, 6) is 0. The monoisotopic (exact) mass is 601 g/mol. The molecular weight excluding hydrogens is 595 g/mol. The Morgan fingerprint density at radius 3 is 0.348 bits per heavy atom. The van der Waals surface area contributed by atoms with Crippen LogP contribution < -0.4 is 206 Å². The summed E-state index contributed by atoms with van der Waals surface area (Å²) < 4.78 is 0. The number of aliphatic hydroxyl groups is 6. The van der Waals surface area contributed by atoms with E-state index in [4.69, 9.17) is 62.2 Å². The van der Waals surface area contributed by atoms with Gasteiger partial charge in [0.05, 0.1) is 0 Å². The summed E-state index contributed by atoms with van der Waals surface area (Å²) in [6.45, 7) is 0. The topological polar surface area (TPSA) is 264 Å². The quantitative estimate of drug-likeness (QED) is 0.112. The van der Waals surface area contributed by atoms with Crippen LogP contribution in [0.1, 0.15) is 0 Å². The fourth-order valence-electron chi connectivity index (χ4n) is 0.